The van der Waals surface area contributed by atoms with Gasteiger partial charge >= 0.3 is 6.03 Å². The highest BCUT2D eigenvalue weighted by molar-refractivity contribution is 7.08. The molecule has 3 unspecified atom stereocenters. The summed E-state index contributed by atoms with van der Waals surface area (Å²) >= 11 is 1.52. The maximum atomic E-state index is 12.2. The van der Waals surface area contributed by atoms with Gasteiger partial charge in [0.05, 0.1) is 12.6 Å². The van der Waals surface area contributed by atoms with Crippen molar-refractivity contribution in [3.05, 3.63) is 58.3 Å². The summed E-state index contributed by atoms with van der Waals surface area (Å²) < 4.78 is 5.77. The Hall–Kier alpha value is -1.89. The van der Waals surface area contributed by atoms with E-state index in [0.29, 0.717) is 6.61 Å². The fourth-order valence-electron chi connectivity index (χ4n) is 2.85. The van der Waals surface area contributed by atoms with Crippen molar-refractivity contribution in [2.75, 3.05) is 13.2 Å². The molecule has 1 aliphatic rings. The van der Waals surface area contributed by atoms with Crippen molar-refractivity contribution in [1.29, 1.82) is 0 Å². The molecule has 1 aliphatic heterocycles. The lowest BCUT2D eigenvalue weighted by Gasteiger charge is -2.25. The Labute approximate surface area is 145 Å². The Morgan fingerprint density at radius 2 is 2.17 bits per heavy atom. The number of carbonyl (C=O) groups is 1. The van der Waals surface area contributed by atoms with E-state index in [9.17, 15) is 9.90 Å². The minimum Gasteiger partial charge on any atom is -0.384 e. The molecule has 6 heteroatoms. The van der Waals surface area contributed by atoms with Gasteiger partial charge in [0.15, 0.2) is 0 Å². The molecule has 3 atom stereocenters. The summed E-state index contributed by atoms with van der Waals surface area (Å²) in [5.74, 6) is 0. The van der Waals surface area contributed by atoms with E-state index in [1.165, 1.54) is 11.3 Å². The summed E-state index contributed by atoms with van der Waals surface area (Å²) in [6, 6.07) is 11.4. The number of nitrogens with one attached hydrogen (secondary N) is 2. The van der Waals surface area contributed by atoms with Crippen molar-refractivity contribution < 1.29 is 14.6 Å². The van der Waals surface area contributed by atoms with Crippen LogP contribution in [0.3, 0.4) is 0 Å². The Morgan fingerprint density at radius 3 is 2.88 bits per heavy atom. The maximum absolute atomic E-state index is 12.2. The maximum Gasteiger partial charge on any atom is 0.315 e. The SMILES string of the molecule is CC(O)(CNC(=O)NC1CCOC1c1ccccc1)c1ccsc1. The third-order valence-corrected chi connectivity index (χ3v) is 4.96. The van der Waals surface area contributed by atoms with Gasteiger partial charge in [-0.3, -0.25) is 0 Å². The molecule has 0 spiro atoms. The first-order valence-electron chi connectivity index (χ1n) is 8.02. The van der Waals surface area contributed by atoms with Gasteiger partial charge in [0.2, 0.25) is 0 Å². The van der Waals surface area contributed by atoms with Gasteiger partial charge in [-0.15, -0.1) is 0 Å². The smallest absolute Gasteiger partial charge is 0.315 e. The highest BCUT2D eigenvalue weighted by Gasteiger charge is 2.31. The van der Waals surface area contributed by atoms with E-state index < -0.39 is 5.60 Å². The van der Waals surface area contributed by atoms with Crippen molar-refractivity contribution >= 4 is 17.4 Å². The van der Waals surface area contributed by atoms with Gasteiger partial charge in [0.1, 0.15) is 11.7 Å². The van der Waals surface area contributed by atoms with Crippen LogP contribution in [0.25, 0.3) is 0 Å². The fraction of sp³-hybridized carbons (Fsp3) is 0.389. The van der Waals surface area contributed by atoms with Crippen LogP contribution in [0, 0.1) is 0 Å². The number of benzene rings is 1. The summed E-state index contributed by atoms with van der Waals surface area (Å²) in [5.41, 5.74) is 0.784. The molecular weight excluding hydrogens is 324 g/mol. The second-order valence-corrected chi connectivity index (χ2v) is 6.99. The number of ether oxygens (including phenoxy) is 1. The number of amides is 2. The van der Waals surface area contributed by atoms with E-state index in [1.54, 1.807) is 6.92 Å². The predicted molar refractivity (Wildman–Crippen MR) is 94.0 cm³/mol. The van der Waals surface area contributed by atoms with Gasteiger partial charge < -0.3 is 20.5 Å². The monoisotopic (exact) mass is 346 g/mol. The molecule has 1 aromatic heterocycles. The Morgan fingerprint density at radius 1 is 1.38 bits per heavy atom. The third-order valence-electron chi connectivity index (χ3n) is 4.27. The molecule has 5 nitrogen and oxygen atoms in total. The lowest BCUT2D eigenvalue weighted by molar-refractivity contribution is 0.0593. The van der Waals surface area contributed by atoms with Gasteiger partial charge in [-0.25, -0.2) is 4.79 Å². The zero-order chi connectivity index (χ0) is 17.0. The molecule has 1 fully saturated rings. The molecule has 2 aromatic rings. The van der Waals surface area contributed by atoms with E-state index in [4.69, 9.17) is 4.74 Å². The van der Waals surface area contributed by atoms with Crippen LogP contribution < -0.4 is 10.6 Å². The molecule has 2 heterocycles. The molecule has 128 valence electrons. The number of urea groups is 1. The summed E-state index contributed by atoms with van der Waals surface area (Å²) in [4.78, 5) is 12.2. The highest BCUT2D eigenvalue weighted by Crippen LogP contribution is 2.29. The number of hydrogen-bond donors (Lipinski definition) is 3. The van der Waals surface area contributed by atoms with Crippen LogP contribution in [0.5, 0.6) is 0 Å². The van der Waals surface area contributed by atoms with Crippen LogP contribution >= 0.6 is 11.3 Å². The molecule has 1 saturated heterocycles. The summed E-state index contributed by atoms with van der Waals surface area (Å²) in [5, 5.41) is 20.0. The number of carbonyl (C=O) groups excluding carboxylic acids is 1. The van der Waals surface area contributed by atoms with E-state index in [0.717, 1.165) is 17.5 Å². The van der Waals surface area contributed by atoms with Crippen LogP contribution in [0.15, 0.2) is 47.2 Å². The standard InChI is InChI=1S/C18H22N2O3S/c1-18(22,14-8-10-24-11-14)12-19-17(21)20-15-7-9-23-16(15)13-5-3-2-4-6-13/h2-6,8,10-11,15-16,22H,7,9,12H2,1H3,(H2,19,20,21). The molecule has 24 heavy (non-hydrogen) atoms. The first-order valence-corrected chi connectivity index (χ1v) is 8.96. The van der Waals surface area contributed by atoms with Crippen molar-refractivity contribution in [2.45, 2.75) is 31.1 Å². The topological polar surface area (TPSA) is 70.6 Å². The highest BCUT2D eigenvalue weighted by atomic mass is 32.1. The molecule has 0 radical (unpaired) electrons. The second-order valence-electron chi connectivity index (χ2n) is 6.21. The molecule has 3 N–H and O–H groups in total. The quantitative estimate of drug-likeness (QED) is 0.780. The zero-order valence-electron chi connectivity index (χ0n) is 13.6. The zero-order valence-corrected chi connectivity index (χ0v) is 14.4. The Bertz CT molecular complexity index is 658. The lowest BCUT2D eigenvalue weighted by atomic mass is 9.99. The largest absolute Gasteiger partial charge is 0.384 e. The third kappa shape index (κ3) is 3.95. The van der Waals surface area contributed by atoms with Gasteiger partial charge in [0.25, 0.3) is 0 Å². The van der Waals surface area contributed by atoms with Crippen LogP contribution in [0.1, 0.15) is 30.6 Å². The average molecular weight is 346 g/mol. The number of aliphatic hydroxyl groups is 1. The molecule has 2 amide bonds. The fourth-order valence-corrected chi connectivity index (χ4v) is 3.64. The molecule has 1 aromatic carbocycles. The van der Waals surface area contributed by atoms with Crippen molar-refractivity contribution in [2.24, 2.45) is 0 Å². The average Bonchev–Trinajstić information content (AvgIpc) is 3.26. The molecule has 3 rings (SSSR count). The first kappa shape index (κ1) is 17.0. The lowest BCUT2D eigenvalue weighted by Crippen LogP contribution is -2.47. The molecular formula is C18H22N2O3S. The van der Waals surface area contributed by atoms with Crippen LogP contribution in [-0.4, -0.2) is 30.3 Å². The van der Waals surface area contributed by atoms with E-state index in [2.05, 4.69) is 10.6 Å². The second kappa shape index (κ2) is 7.34. The predicted octanol–water partition coefficient (Wildman–Crippen LogP) is 2.79. The molecule has 0 saturated carbocycles. The number of hydrogen-bond acceptors (Lipinski definition) is 4. The van der Waals surface area contributed by atoms with Gasteiger partial charge in [-0.05, 0) is 41.3 Å². The molecule has 0 bridgehead atoms. The van der Waals surface area contributed by atoms with Crippen LogP contribution in [0.4, 0.5) is 4.79 Å². The minimum atomic E-state index is -1.08. The van der Waals surface area contributed by atoms with Crippen LogP contribution in [-0.2, 0) is 10.3 Å². The Balaban J connectivity index is 1.55. The Kier molecular flexibility index (Phi) is 5.18. The number of thiophene rings is 1. The number of rotatable bonds is 5. The van der Waals surface area contributed by atoms with Crippen molar-refractivity contribution in [1.82, 2.24) is 10.6 Å². The van der Waals surface area contributed by atoms with Gasteiger partial charge in [-0.1, -0.05) is 30.3 Å². The normalized spacial score (nSPS) is 22.8. The summed E-state index contributed by atoms with van der Waals surface area (Å²) in [6.07, 6.45) is 0.641. The van der Waals surface area contributed by atoms with Crippen molar-refractivity contribution in [3.8, 4) is 0 Å². The van der Waals surface area contributed by atoms with Gasteiger partial charge in [0, 0.05) is 6.61 Å². The first-order chi connectivity index (χ1) is 11.6. The van der Waals surface area contributed by atoms with E-state index in [1.807, 2.05) is 47.2 Å². The van der Waals surface area contributed by atoms with Gasteiger partial charge in [-0.2, -0.15) is 11.3 Å². The van der Waals surface area contributed by atoms with Crippen molar-refractivity contribution in [3.63, 3.8) is 0 Å². The minimum absolute atomic E-state index is 0.0708. The van der Waals surface area contributed by atoms with Crippen LogP contribution in [0.2, 0.25) is 0 Å². The summed E-state index contributed by atoms with van der Waals surface area (Å²) in [6.45, 7) is 2.47. The molecule has 0 aliphatic carbocycles. The van der Waals surface area contributed by atoms with E-state index >= 15 is 0 Å². The van der Waals surface area contributed by atoms with E-state index in [-0.39, 0.29) is 24.7 Å². The summed E-state index contributed by atoms with van der Waals surface area (Å²) in [7, 11) is 0.